The first-order valence-electron chi connectivity index (χ1n) is 5.28. The van der Waals surface area contributed by atoms with Crippen molar-refractivity contribution in [2.45, 2.75) is 31.1 Å². The molecule has 0 bridgehead atoms. The lowest BCUT2D eigenvalue weighted by Crippen LogP contribution is -2.25. The molecule has 96 valence electrons. The molecule has 0 unspecified atom stereocenters. The molecular weight excluding hydrogens is 328 g/mol. The molecule has 0 aliphatic carbocycles. The number of unbranched alkanes of at least 4 members (excludes halogenated alkanes) is 2. The van der Waals surface area contributed by atoms with Gasteiger partial charge < -0.3 is 0 Å². The van der Waals surface area contributed by atoms with Crippen molar-refractivity contribution >= 4 is 37.6 Å². The Kier molecular flexibility index (Phi) is 5.85. The van der Waals surface area contributed by atoms with Crippen LogP contribution in [0.2, 0.25) is 5.15 Å². The van der Waals surface area contributed by atoms with Crippen LogP contribution in [0.3, 0.4) is 0 Å². The van der Waals surface area contributed by atoms with Crippen molar-refractivity contribution in [3.8, 4) is 0 Å². The second kappa shape index (κ2) is 6.68. The minimum absolute atomic E-state index is 0.00467. The Labute approximate surface area is 115 Å². The third-order valence-corrected chi connectivity index (χ3v) is 4.46. The number of rotatable bonds is 6. The molecule has 0 radical (unpaired) electrons. The molecule has 1 rings (SSSR count). The number of pyridine rings is 1. The molecule has 0 spiro atoms. The second-order valence-electron chi connectivity index (χ2n) is 3.55. The van der Waals surface area contributed by atoms with Crippen LogP contribution in [-0.4, -0.2) is 19.9 Å². The third kappa shape index (κ3) is 4.54. The van der Waals surface area contributed by atoms with Crippen molar-refractivity contribution < 1.29 is 8.42 Å². The normalized spacial score (nSPS) is 11.7. The quantitative estimate of drug-likeness (QED) is 0.639. The Morgan fingerprint density at radius 2 is 2.18 bits per heavy atom. The number of halogens is 2. The fourth-order valence-electron chi connectivity index (χ4n) is 1.25. The van der Waals surface area contributed by atoms with Crippen LogP contribution >= 0.6 is 27.5 Å². The van der Waals surface area contributed by atoms with E-state index < -0.39 is 10.0 Å². The Morgan fingerprint density at radius 1 is 1.47 bits per heavy atom. The predicted octanol–water partition coefficient (Wildman–Crippen LogP) is 2.97. The molecule has 0 aliphatic heterocycles. The van der Waals surface area contributed by atoms with Crippen LogP contribution in [0.5, 0.6) is 0 Å². The summed E-state index contributed by atoms with van der Waals surface area (Å²) in [6, 6.07) is 1.44. The Bertz CT molecular complexity index is 479. The highest BCUT2D eigenvalue weighted by atomic mass is 79.9. The van der Waals surface area contributed by atoms with Gasteiger partial charge in [-0.3, -0.25) is 0 Å². The smallest absolute Gasteiger partial charge is 0.242 e. The van der Waals surface area contributed by atoms with Gasteiger partial charge in [0.2, 0.25) is 10.0 Å². The minimum atomic E-state index is -3.57. The van der Waals surface area contributed by atoms with Crippen molar-refractivity contribution in [2.24, 2.45) is 0 Å². The highest BCUT2D eigenvalue weighted by Gasteiger charge is 2.18. The van der Waals surface area contributed by atoms with Crippen molar-refractivity contribution in [3.63, 3.8) is 0 Å². The van der Waals surface area contributed by atoms with Crippen molar-refractivity contribution in [1.29, 1.82) is 0 Å². The lowest BCUT2D eigenvalue weighted by molar-refractivity contribution is 0.575. The van der Waals surface area contributed by atoms with E-state index in [1.807, 2.05) is 0 Å². The van der Waals surface area contributed by atoms with E-state index in [0.29, 0.717) is 11.0 Å². The van der Waals surface area contributed by atoms with Crippen LogP contribution in [0.25, 0.3) is 0 Å². The lowest BCUT2D eigenvalue weighted by atomic mass is 10.3. The number of aromatic nitrogens is 1. The maximum atomic E-state index is 11.9. The molecule has 0 aromatic carbocycles. The van der Waals surface area contributed by atoms with E-state index in [1.165, 1.54) is 12.3 Å². The van der Waals surface area contributed by atoms with Gasteiger partial charge >= 0.3 is 0 Å². The summed E-state index contributed by atoms with van der Waals surface area (Å²) in [7, 11) is -3.57. The summed E-state index contributed by atoms with van der Waals surface area (Å²) in [5.41, 5.74) is 0. The molecule has 1 aromatic heterocycles. The summed E-state index contributed by atoms with van der Waals surface area (Å²) in [6.45, 7) is 2.47. The number of nitrogens with zero attached hydrogens (tertiary/aromatic N) is 1. The van der Waals surface area contributed by atoms with Gasteiger partial charge in [-0.05, 0) is 28.4 Å². The van der Waals surface area contributed by atoms with E-state index in [-0.39, 0.29) is 10.0 Å². The van der Waals surface area contributed by atoms with Crippen LogP contribution in [0.1, 0.15) is 26.2 Å². The van der Waals surface area contributed by atoms with E-state index in [2.05, 4.69) is 32.6 Å². The van der Waals surface area contributed by atoms with Crippen LogP contribution in [0, 0.1) is 0 Å². The Hall–Kier alpha value is -0.170. The summed E-state index contributed by atoms with van der Waals surface area (Å²) in [6.07, 6.45) is 4.31. The number of nitrogens with one attached hydrogen (secondary N) is 1. The molecule has 0 saturated heterocycles. The van der Waals surface area contributed by atoms with Crippen LogP contribution in [0.15, 0.2) is 21.6 Å². The summed E-state index contributed by atoms with van der Waals surface area (Å²) < 4.78 is 26.9. The second-order valence-corrected chi connectivity index (χ2v) is 6.56. The highest BCUT2D eigenvalue weighted by molar-refractivity contribution is 9.10. The maximum absolute atomic E-state index is 11.9. The van der Waals surface area contributed by atoms with Gasteiger partial charge in [-0.15, -0.1) is 0 Å². The molecule has 0 aliphatic rings. The van der Waals surface area contributed by atoms with Crippen LogP contribution < -0.4 is 4.72 Å². The van der Waals surface area contributed by atoms with Gasteiger partial charge in [0.1, 0.15) is 10.0 Å². The van der Waals surface area contributed by atoms with E-state index in [1.54, 1.807) is 0 Å². The van der Waals surface area contributed by atoms with Gasteiger partial charge in [-0.25, -0.2) is 18.1 Å². The first-order valence-corrected chi connectivity index (χ1v) is 7.93. The number of hydrogen-bond donors (Lipinski definition) is 1. The van der Waals surface area contributed by atoms with E-state index in [0.717, 1.165) is 19.3 Å². The molecule has 0 fully saturated rings. The zero-order valence-electron chi connectivity index (χ0n) is 9.41. The molecule has 7 heteroatoms. The van der Waals surface area contributed by atoms with Crippen molar-refractivity contribution in [2.75, 3.05) is 6.54 Å². The summed E-state index contributed by atoms with van der Waals surface area (Å²) in [5.74, 6) is 0. The third-order valence-electron chi connectivity index (χ3n) is 2.14. The first-order chi connectivity index (χ1) is 7.97. The molecular formula is C10H14BrClN2O2S. The van der Waals surface area contributed by atoms with Gasteiger partial charge in [-0.1, -0.05) is 31.4 Å². The van der Waals surface area contributed by atoms with Crippen molar-refractivity contribution in [3.05, 3.63) is 21.9 Å². The summed E-state index contributed by atoms with van der Waals surface area (Å²) >= 11 is 8.94. The molecule has 1 N–H and O–H groups in total. The lowest BCUT2D eigenvalue weighted by Gasteiger charge is -2.07. The number of hydrogen-bond acceptors (Lipinski definition) is 3. The average Bonchev–Trinajstić information content (AvgIpc) is 2.28. The highest BCUT2D eigenvalue weighted by Crippen LogP contribution is 2.22. The first kappa shape index (κ1) is 14.9. The zero-order valence-corrected chi connectivity index (χ0v) is 12.6. The van der Waals surface area contributed by atoms with E-state index in [4.69, 9.17) is 11.6 Å². The van der Waals surface area contributed by atoms with Gasteiger partial charge in [-0.2, -0.15) is 0 Å². The van der Waals surface area contributed by atoms with Gasteiger partial charge in [0, 0.05) is 17.2 Å². The van der Waals surface area contributed by atoms with Gasteiger partial charge in [0.05, 0.1) is 0 Å². The Morgan fingerprint density at radius 3 is 2.82 bits per heavy atom. The molecule has 4 nitrogen and oxygen atoms in total. The monoisotopic (exact) mass is 340 g/mol. The fourth-order valence-corrected chi connectivity index (χ4v) is 3.27. The maximum Gasteiger partial charge on any atom is 0.243 e. The molecule has 0 amide bonds. The minimum Gasteiger partial charge on any atom is -0.242 e. The van der Waals surface area contributed by atoms with Crippen LogP contribution in [0.4, 0.5) is 0 Å². The van der Waals surface area contributed by atoms with E-state index >= 15 is 0 Å². The average molecular weight is 342 g/mol. The molecule has 1 heterocycles. The molecule has 0 atom stereocenters. The Balaban J connectivity index is 2.79. The predicted molar refractivity (Wildman–Crippen MR) is 71.7 cm³/mol. The van der Waals surface area contributed by atoms with Crippen LogP contribution in [-0.2, 0) is 10.0 Å². The molecule has 17 heavy (non-hydrogen) atoms. The van der Waals surface area contributed by atoms with Gasteiger partial charge in [0.15, 0.2) is 0 Å². The largest absolute Gasteiger partial charge is 0.243 e. The number of sulfonamides is 1. The standard InChI is InChI=1S/C10H14BrClN2O2S/c1-2-3-4-5-14-17(15,16)9-6-8(11)7-13-10(9)12/h6-7,14H,2-5H2,1H3. The molecule has 0 saturated carbocycles. The topological polar surface area (TPSA) is 59.1 Å². The van der Waals surface area contributed by atoms with Gasteiger partial charge in [0.25, 0.3) is 0 Å². The zero-order chi connectivity index (χ0) is 12.9. The fraction of sp³-hybridized carbons (Fsp3) is 0.500. The van der Waals surface area contributed by atoms with E-state index in [9.17, 15) is 8.42 Å². The summed E-state index contributed by atoms with van der Waals surface area (Å²) in [5, 5.41) is -0.0174. The SMILES string of the molecule is CCCCCNS(=O)(=O)c1cc(Br)cnc1Cl. The van der Waals surface area contributed by atoms with Crippen molar-refractivity contribution in [1.82, 2.24) is 9.71 Å². The summed E-state index contributed by atoms with van der Waals surface area (Å²) in [4.78, 5) is 3.79. The molecule has 1 aromatic rings.